The van der Waals surface area contributed by atoms with E-state index in [9.17, 15) is 14.9 Å². The minimum atomic E-state index is -0.479. The monoisotopic (exact) mass is 337 g/mol. The van der Waals surface area contributed by atoms with E-state index in [1.54, 1.807) is 12.1 Å². The van der Waals surface area contributed by atoms with Gasteiger partial charge in [0.1, 0.15) is 6.29 Å². The second-order valence-electron chi connectivity index (χ2n) is 3.66. The molecule has 0 amide bonds. The Hall–Kier alpha value is -1.66. The second-order valence-corrected chi connectivity index (χ2v) is 5.69. The van der Waals surface area contributed by atoms with Crippen LogP contribution in [0.5, 0.6) is 0 Å². The third kappa shape index (κ3) is 3.42. The molecule has 96 valence electrons. The molecule has 0 aliphatic rings. The van der Waals surface area contributed by atoms with Crippen LogP contribution in [-0.2, 0) is 0 Å². The summed E-state index contributed by atoms with van der Waals surface area (Å²) in [6.07, 6.45) is 0.598. The quantitative estimate of drug-likeness (QED) is 0.473. The number of rotatable bonds is 4. The Bertz CT molecular complexity index is 646. The van der Waals surface area contributed by atoms with Gasteiger partial charge in [-0.2, -0.15) is 0 Å². The largest absolute Gasteiger partial charge is 0.298 e. The number of carbonyl (C=O) groups excluding carboxylic acids is 1. The van der Waals surface area contributed by atoms with Crippen molar-refractivity contribution in [1.29, 1.82) is 0 Å². The molecule has 2 aromatic carbocycles. The average molecular weight is 338 g/mol. The number of hydrogen-bond donors (Lipinski definition) is 0. The van der Waals surface area contributed by atoms with E-state index < -0.39 is 4.92 Å². The highest BCUT2D eigenvalue weighted by molar-refractivity contribution is 9.10. The molecule has 0 bridgehead atoms. The van der Waals surface area contributed by atoms with Crippen LogP contribution in [0, 0.1) is 10.1 Å². The number of nitro benzene ring substituents is 1. The molecule has 0 spiro atoms. The molecular weight excluding hydrogens is 330 g/mol. The first-order valence-corrected chi connectivity index (χ1v) is 6.88. The molecule has 0 saturated heterocycles. The minimum absolute atomic E-state index is 0.0606. The van der Waals surface area contributed by atoms with E-state index in [0.29, 0.717) is 16.7 Å². The number of nitrogens with zero attached hydrogens (tertiary/aromatic N) is 1. The molecule has 2 rings (SSSR count). The lowest BCUT2D eigenvalue weighted by Crippen LogP contribution is -1.92. The first kappa shape index (κ1) is 13.8. The fourth-order valence-corrected chi connectivity index (χ4v) is 3.01. The van der Waals surface area contributed by atoms with Gasteiger partial charge in [-0.15, -0.1) is 0 Å². The van der Waals surface area contributed by atoms with Gasteiger partial charge < -0.3 is 0 Å². The van der Waals surface area contributed by atoms with Crippen molar-refractivity contribution in [2.45, 2.75) is 9.79 Å². The van der Waals surface area contributed by atoms with Crippen LogP contribution < -0.4 is 0 Å². The molecule has 0 atom stereocenters. The van der Waals surface area contributed by atoms with E-state index in [4.69, 9.17) is 0 Å². The molecule has 4 nitrogen and oxygen atoms in total. The van der Waals surface area contributed by atoms with E-state index in [1.807, 2.05) is 24.3 Å². The summed E-state index contributed by atoms with van der Waals surface area (Å²) in [5, 5.41) is 11.0. The van der Waals surface area contributed by atoms with E-state index in [2.05, 4.69) is 15.9 Å². The summed E-state index contributed by atoms with van der Waals surface area (Å²) in [5.41, 5.74) is 0.236. The summed E-state index contributed by atoms with van der Waals surface area (Å²) in [7, 11) is 0. The summed E-state index contributed by atoms with van der Waals surface area (Å²) in [6.45, 7) is 0. The van der Waals surface area contributed by atoms with Gasteiger partial charge >= 0.3 is 0 Å². The Labute approximate surface area is 122 Å². The van der Waals surface area contributed by atoms with Crippen molar-refractivity contribution in [1.82, 2.24) is 0 Å². The van der Waals surface area contributed by atoms with Crippen molar-refractivity contribution in [2.75, 3.05) is 0 Å². The van der Waals surface area contributed by atoms with Crippen LogP contribution in [0.4, 0.5) is 5.69 Å². The van der Waals surface area contributed by atoms with E-state index >= 15 is 0 Å². The molecule has 0 heterocycles. The first-order chi connectivity index (χ1) is 9.10. The molecule has 6 heteroatoms. The predicted octanol–water partition coefficient (Wildman–Crippen LogP) is 4.32. The van der Waals surface area contributed by atoms with E-state index in [-0.39, 0.29) is 5.69 Å². The topological polar surface area (TPSA) is 60.2 Å². The number of halogens is 1. The van der Waals surface area contributed by atoms with Crippen LogP contribution in [0.3, 0.4) is 0 Å². The Kier molecular flexibility index (Phi) is 4.34. The van der Waals surface area contributed by atoms with Crippen molar-refractivity contribution in [3.63, 3.8) is 0 Å². The van der Waals surface area contributed by atoms with E-state index in [0.717, 1.165) is 9.37 Å². The van der Waals surface area contributed by atoms with Crippen molar-refractivity contribution in [3.05, 3.63) is 62.6 Å². The normalized spacial score (nSPS) is 10.2. The lowest BCUT2D eigenvalue weighted by Gasteiger charge is -2.04. The predicted molar refractivity (Wildman–Crippen MR) is 76.7 cm³/mol. The lowest BCUT2D eigenvalue weighted by molar-refractivity contribution is -0.387. The van der Waals surface area contributed by atoms with Gasteiger partial charge in [-0.25, -0.2) is 0 Å². The third-order valence-electron chi connectivity index (χ3n) is 2.34. The Morgan fingerprint density at radius 2 is 2.00 bits per heavy atom. The zero-order valence-electron chi connectivity index (χ0n) is 9.58. The third-order valence-corrected chi connectivity index (χ3v) is 3.89. The van der Waals surface area contributed by atoms with Gasteiger partial charge in [0.2, 0.25) is 0 Å². The number of carbonyl (C=O) groups is 1. The molecule has 0 N–H and O–H groups in total. The number of nitro groups is 1. The maximum Gasteiger partial charge on any atom is 0.283 e. The van der Waals surface area contributed by atoms with Crippen molar-refractivity contribution in [3.8, 4) is 0 Å². The smallest absolute Gasteiger partial charge is 0.283 e. The van der Waals surface area contributed by atoms with Crippen LogP contribution >= 0.6 is 27.7 Å². The standard InChI is InChI=1S/C13H8BrNO3S/c14-10-2-1-3-11(7-10)19-13-5-4-9(8-16)6-12(13)15(17)18/h1-8H. The molecule has 2 aromatic rings. The summed E-state index contributed by atoms with van der Waals surface area (Å²) < 4.78 is 0.907. The molecule has 0 fully saturated rings. The Morgan fingerprint density at radius 1 is 1.21 bits per heavy atom. The fourth-order valence-electron chi connectivity index (χ4n) is 1.49. The second kappa shape index (κ2) is 5.99. The molecule has 0 aliphatic carbocycles. The van der Waals surface area contributed by atoms with Crippen LogP contribution in [0.1, 0.15) is 10.4 Å². The molecule has 0 saturated carbocycles. The molecule has 0 aromatic heterocycles. The lowest BCUT2D eigenvalue weighted by atomic mass is 10.2. The number of aldehydes is 1. The molecule has 0 aliphatic heterocycles. The fraction of sp³-hybridized carbons (Fsp3) is 0. The van der Waals surface area contributed by atoms with Gasteiger partial charge in [0.05, 0.1) is 9.82 Å². The first-order valence-electron chi connectivity index (χ1n) is 5.27. The number of hydrogen-bond acceptors (Lipinski definition) is 4. The van der Waals surface area contributed by atoms with Crippen molar-refractivity contribution < 1.29 is 9.72 Å². The molecule has 19 heavy (non-hydrogen) atoms. The highest BCUT2D eigenvalue weighted by Gasteiger charge is 2.15. The van der Waals surface area contributed by atoms with Crippen LogP contribution in [0.15, 0.2) is 56.7 Å². The van der Waals surface area contributed by atoms with Gasteiger partial charge in [-0.05, 0) is 24.3 Å². The highest BCUT2D eigenvalue weighted by Crippen LogP contribution is 2.35. The summed E-state index contributed by atoms with van der Waals surface area (Å²) in [4.78, 5) is 22.6. The van der Waals surface area contributed by atoms with Gasteiger partial charge in [0.25, 0.3) is 5.69 Å². The molecule has 0 radical (unpaired) electrons. The Morgan fingerprint density at radius 3 is 2.63 bits per heavy atom. The zero-order chi connectivity index (χ0) is 13.8. The van der Waals surface area contributed by atoms with Crippen molar-refractivity contribution >= 4 is 39.7 Å². The van der Waals surface area contributed by atoms with Crippen LogP contribution in [0.25, 0.3) is 0 Å². The Balaban J connectivity index is 2.39. The highest BCUT2D eigenvalue weighted by atomic mass is 79.9. The molecule has 0 unspecified atom stereocenters. The zero-order valence-corrected chi connectivity index (χ0v) is 12.0. The van der Waals surface area contributed by atoms with Crippen molar-refractivity contribution in [2.24, 2.45) is 0 Å². The summed E-state index contributed by atoms with van der Waals surface area (Å²) >= 11 is 4.64. The van der Waals surface area contributed by atoms with Gasteiger partial charge in [0, 0.05) is 21.0 Å². The SMILES string of the molecule is O=Cc1ccc(Sc2cccc(Br)c2)c([N+](=O)[O-])c1. The minimum Gasteiger partial charge on any atom is -0.298 e. The summed E-state index contributed by atoms with van der Waals surface area (Å²) in [6, 6.07) is 11.9. The average Bonchev–Trinajstić information content (AvgIpc) is 2.39. The van der Waals surface area contributed by atoms with Gasteiger partial charge in [-0.3, -0.25) is 14.9 Å². The maximum absolute atomic E-state index is 11.0. The maximum atomic E-state index is 11.0. The van der Waals surface area contributed by atoms with Gasteiger partial charge in [0.15, 0.2) is 0 Å². The summed E-state index contributed by atoms with van der Waals surface area (Å²) in [5.74, 6) is 0. The molecular formula is C13H8BrNO3S. The van der Waals surface area contributed by atoms with Crippen LogP contribution in [-0.4, -0.2) is 11.2 Å². The number of benzene rings is 2. The van der Waals surface area contributed by atoms with Gasteiger partial charge in [-0.1, -0.05) is 39.8 Å². The van der Waals surface area contributed by atoms with Crippen LogP contribution in [0.2, 0.25) is 0 Å². The van der Waals surface area contributed by atoms with E-state index in [1.165, 1.54) is 17.8 Å².